The zero-order valence-electron chi connectivity index (χ0n) is 12.3. The van der Waals surface area contributed by atoms with E-state index in [1.165, 1.54) is 4.90 Å². The minimum Gasteiger partial charge on any atom is -0.409 e. The third-order valence-electron chi connectivity index (χ3n) is 3.81. The number of fused-ring (bicyclic) bond motifs is 1. The van der Waals surface area contributed by atoms with Crippen molar-refractivity contribution in [1.29, 1.82) is 0 Å². The lowest BCUT2D eigenvalue weighted by Gasteiger charge is -2.27. The van der Waals surface area contributed by atoms with Crippen LogP contribution >= 0.6 is 11.8 Å². The zero-order valence-corrected chi connectivity index (χ0v) is 13.1. The minimum atomic E-state index is -0.164. The molecule has 21 heavy (non-hydrogen) atoms. The fourth-order valence-electron chi connectivity index (χ4n) is 2.49. The Hall–Kier alpha value is -1.69. The van der Waals surface area contributed by atoms with E-state index in [1.54, 1.807) is 16.7 Å². The van der Waals surface area contributed by atoms with Crippen LogP contribution < -0.4 is 5.73 Å². The first-order chi connectivity index (χ1) is 10.1. The molecule has 1 amide bonds. The van der Waals surface area contributed by atoms with Gasteiger partial charge in [0.1, 0.15) is 5.84 Å². The molecule has 5 nitrogen and oxygen atoms in total. The Morgan fingerprint density at radius 1 is 1.57 bits per heavy atom. The Bertz CT molecular complexity index is 547. The second-order valence-electron chi connectivity index (χ2n) is 5.20. The maximum Gasteiger partial charge on any atom is 0.231 e. The first kappa shape index (κ1) is 15.7. The second kappa shape index (κ2) is 6.85. The molecular weight excluding hydrogens is 286 g/mol. The Labute approximate surface area is 129 Å². The van der Waals surface area contributed by atoms with E-state index in [-0.39, 0.29) is 23.6 Å². The van der Waals surface area contributed by atoms with Gasteiger partial charge in [-0.05, 0) is 18.6 Å². The molecule has 1 aromatic rings. The van der Waals surface area contributed by atoms with E-state index in [4.69, 9.17) is 10.9 Å². The number of oxime groups is 1. The van der Waals surface area contributed by atoms with Crippen molar-refractivity contribution in [3.63, 3.8) is 0 Å². The number of carbonyl (C=O) groups is 1. The van der Waals surface area contributed by atoms with E-state index in [9.17, 15) is 4.79 Å². The summed E-state index contributed by atoms with van der Waals surface area (Å²) >= 11 is 1.73. The van der Waals surface area contributed by atoms with E-state index in [2.05, 4.69) is 11.2 Å². The lowest BCUT2D eigenvalue weighted by atomic mass is 9.99. The maximum absolute atomic E-state index is 12.8. The van der Waals surface area contributed by atoms with Crippen molar-refractivity contribution in [2.75, 3.05) is 18.8 Å². The summed E-state index contributed by atoms with van der Waals surface area (Å²) in [6, 6.07) is 8.05. The molecule has 2 rings (SSSR count). The van der Waals surface area contributed by atoms with Gasteiger partial charge in [-0.15, -0.1) is 11.8 Å². The second-order valence-corrected chi connectivity index (χ2v) is 6.27. The zero-order chi connectivity index (χ0) is 15.4. The molecule has 0 saturated heterocycles. The van der Waals surface area contributed by atoms with Gasteiger partial charge in [0.05, 0.1) is 5.92 Å². The van der Waals surface area contributed by atoms with Gasteiger partial charge in [-0.3, -0.25) is 4.79 Å². The summed E-state index contributed by atoms with van der Waals surface area (Å²) in [5, 5.41) is 11.7. The van der Waals surface area contributed by atoms with Gasteiger partial charge < -0.3 is 15.8 Å². The average Bonchev–Trinajstić information content (AvgIpc) is 2.94. The van der Waals surface area contributed by atoms with E-state index >= 15 is 0 Å². The van der Waals surface area contributed by atoms with Crippen LogP contribution in [-0.4, -0.2) is 40.7 Å². The number of nitrogens with zero attached hydrogens (tertiary/aromatic N) is 2. The van der Waals surface area contributed by atoms with E-state index in [0.29, 0.717) is 13.1 Å². The molecule has 2 unspecified atom stereocenters. The van der Waals surface area contributed by atoms with Crippen molar-refractivity contribution in [2.45, 2.75) is 24.7 Å². The predicted octanol–water partition coefficient (Wildman–Crippen LogP) is 2.11. The van der Waals surface area contributed by atoms with E-state index in [0.717, 1.165) is 11.3 Å². The highest BCUT2D eigenvalue weighted by Crippen LogP contribution is 2.40. The number of amidine groups is 1. The molecule has 2 atom stereocenters. The minimum absolute atomic E-state index is 0.0920. The summed E-state index contributed by atoms with van der Waals surface area (Å²) in [5.41, 5.74) is 6.72. The van der Waals surface area contributed by atoms with E-state index in [1.807, 2.05) is 32.0 Å². The van der Waals surface area contributed by atoms with Crippen LogP contribution in [0.1, 0.15) is 25.3 Å². The molecular formula is C15H21N3O2S. The largest absolute Gasteiger partial charge is 0.409 e. The summed E-state index contributed by atoms with van der Waals surface area (Å²) in [6.45, 7) is 4.88. The van der Waals surface area contributed by atoms with Crippen molar-refractivity contribution in [2.24, 2.45) is 16.8 Å². The van der Waals surface area contributed by atoms with Gasteiger partial charge in [0.25, 0.3) is 0 Å². The molecule has 3 N–H and O–H groups in total. The molecule has 0 bridgehead atoms. The van der Waals surface area contributed by atoms with Crippen molar-refractivity contribution < 1.29 is 10.0 Å². The van der Waals surface area contributed by atoms with Crippen LogP contribution in [0, 0.1) is 5.92 Å². The molecule has 1 aliphatic rings. The Morgan fingerprint density at radius 2 is 2.29 bits per heavy atom. The highest BCUT2D eigenvalue weighted by Gasteiger charge is 2.32. The molecule has 0 saturated carbocycles. The quantitative estimate of drug-likeness (QED) is 0.378. The molecule has 0 fully saturated rings. The predicted molar refractivity (Wildman–Crippen MR) is 84.7 cm³/mol. The Balaban J connectivity index is 2.11. The van der Waals surface area contributed by atoms with Crippen LogP contribution in [0.15, 0.2) is 34.3 Å². The van der Waals surface area contributed by atoms with Crippen LogP contribution in [0.4, 0.5) is 0 Å². The number of hydrogen-bond acceptors (Lipinski definition) is 4. The van der Waals surface area contributed by atoms with Crippen LogP contribution in [0.2, 0.25) is 0 Å². The SMILES string of the molecule is CCN(CC(C)C(N)=NO)C(=O)C1CSc2ccccc21. The number of hydrogen-bond donors (Lipinski definition) is 2. The molecule has 0 radical (unpaired) electrons. The van der Waals surface area contributed by atoms with Gasteiger partial charge in [-0.1, -0.05) is 30.3 Å². The standard InChI is InChI=1S/C15H21N3O2S/c1-3-18(8-10(2)14(16)17-20)15(19)12-9-21-13-7-5-4-6-11(12)13/h4-7,10,12,20H,3,8-9H2,1-2H3,(H2,16,17). The topological polar surface area (TPSA) is 78.9 Å². The molecule has 0 aliphatic carbocycles. The third-order valence-corrected chi connectivity index (χ3v) is 4.99. The maximum atomic E-state index is 12.8. The monoisotopic (exact) mass is 307 g/mol. The summed E-state index contributed by atoms with van der Waals surface area (Å²) in [7, 11) is 0. The van der Waals surface area contributed by atoms with Crippen molar-refractivity contribution in [3.8, 4) is 0 Å². The van der Waals surface area contributed by atoms with Gasteiger partial charge in [-0.2, -0.15) is 0 Å². The van der Waals surface area contributed by atoms with Crippen LogP contribution in [-0.2, 0) is 4.79 Å². The van der Waals surface area contributed by atoms with Crippen molar-refractivity contribution >= 4 is 23.5 Å². The first-order valence-electron chi connectivity index (χ1n) is 7.06. The lowest BCUT2D eigenvalue weighted by Crippen LogP contribution is -2.41. The fourth-order valence-corrected chi connectivity index (χ4v) is 3.71. The van der Waals surface area contributed by atoms with Crippen LogP contribution in [0.3, 0.4) is 0 Å². The molecule has 0 spiro atoms. The number of amides is 1. The molecule has 1 aromatic carbocycles. The molecule has 114 valence electrons. The molecule has 6 heteroatoms. The van der Waals surface area contributed by atoms with Gasteiger partial charge >= 0.3 is 0 Å². The van der Waals surface area contributed by atoms with Crippen molar-refractivity contribution in [1.82, 2.24) is 4.90 Å². The van der Waals surface area contributed by atoms with Gasteiger partial charge in [-0.25, -0.2) is 0 Å². The number of nitrogens with two attached hydrogens (primary N) is 1. The van der Waals surface area contributed by atoms with Crippen molar-refractivity contribution in [3.05, 3.63) is 29.8 Å². The Kier molecular flexibility index (Phi) is 5.12. The van der Waals surface area contributed by atoms with Gasteiger partial charge in [0, 0.05) is 29.7 Å². The summed E-state index contributed by atoms with van der Waals surface area (Å²) in [5.74, 6) is 0.802. The average molecular weight is 307 g/mol. The highest BCUT2D eigenvalue weighted by atomic mass is 32.2. The Morgan fingerprint density at radius 3 is 2.95 bits per heavy atom. The van der Waals surface area contributed by atoms with Gasteiger partial charge in [0.2, 0.25) is 5.91 Å². The summed E-state index contributed by atoms with van der Waals surface area (Å²) < 4.78 is 0. The number of likely N-dealkylation sites (N-methyl/N-ethyl adjacent to an activating group) is 1. The molecule has 0 aromatic heterocycles. The lowest BCUT2D eigenvalue weighted by molar-refractivity contribution is -0.132. The van der Waals surface area contributed by atoms with Gasteiger partial charge in [0.15, 0.2) is 0 Å². The number of rotatable bonds is 5. The first-order valence-corrected chi connectivity index (χ1v) is 8.05. The summed E-state index contributed by atoms with van der Waals surface area (Å²) in [4.78, 5) is 15.7. The smallest absolute Gasteiger partial charge is 0.231 e. The van der Waals surface area contributed by atoms with Crippen LogP contribution in [0.5, 0.6) is 0 Å². The number of carbonyl (C=O) groups excluding carboxylic acids is 1. The van der Waals surface area contributed by atoms with Crippen LogP contribution in [0.25, 0.3) is 0 Å². The van der Waals surface area contributed by atoms with E-state index < -0.39 is 0 Å². The molecule has 1 heterocycles. The number of benzene rings is 1. The third kappa shape index (κ3) is 3.32. The molecule has 1 aliphatic heterocycles. The highest BCUT2D eigenvalue weighted by molar-refractivity contribution is 7.99. The fraction of sp³-hybridized carbons (Fsp3) is 0.467. The normalized spacial score (nSPS) is 19.1. The summed E-state index contributed by atoms with van der Waals surface area (Å²) in [6.07, 6.45) is 0. The number of thioether (sulfide) groups is 1.